The van der Waals surface area contributed by atoms with Gasteiger partial charge in [0.2, 0.25) is 0 Å². The molecule has 6 atom stereocenters. The first-order valence-electron chi connectivity index (χ1n) is 15.1. The number of carbonyl (C=O) groups is 1. The standard InChI is InChI=1S/C35H46O3Si/c1-25-16-20-33-27(22-25)18-17-26(2)32(33)21-19-28-23-29(24-34(36)37-28)38-39(35(3,4)5,30-12-8-6-9-13-30)31-14-10-7-11-15-31/h6-15,17-18,22,25-26,28-29,32-33H,16,19-21,23-24H2,1-5H3/t25-,26+,28-,29-,32+,33+/m1/s1. The van der Waals surface area contributed by atoms with Crippen LogP contribution in [0.1, 0.15) is 73.1 Å². The van der Waals surface area contributed by atoms with Gasteiger partial charge in [0.15, 0.2) is 0 Å². The summed E-state index contributed by atoms with van der Waals surface area (Å²) in [5, 5.41) is 2.40. The van der Waals surface area contributed by atoms with Crippen LogP contribution in [0.4, 0.5) is 0 Å². The zero-order valence-electron chi connectivity index (χ0n) is 24.4. The average Bonchev–Trinajstić information content (AvgIpc) is 2.91. The Morgan fingerprint density at radius 3 is 2.18 bits per heavy atom. The second-order valence-electron chi connectivity index (χ2n) is 13.2. The second kappa shape index (κ2) is 11.6. The van der Waals surface area contributed by atoms with E-state index in [-0.39, 0.29) is 23.2 Å². The SMILES string of the molecule is C[C@H]1C=C2C=C[C@H](C)[C@H](CC[C@@H]3C[C@@H](O[Si](c4ccccc4)(c4ccccc4)C(C)(C)C)CC(=O)O3)[C@H]2CC1. The van der Waals surface area contributed by atoms with Crippen LogP contribution < -0.4 is 10.4 Å². The van der Waals surface area contributed by atoms with E-state index in [0.717, 1.165) is 19.3 Å². The van der Waals surface area contributed by atoms with E-state index in [1.54, 1.807) is 0 Å². The number of fused-ring (bicyclic) bond motifs is 1. The third-order valence-corrected chi connectivity index (χ3v) is 14.5. The molecule has 2 aromatic carbocycles. The fourth-order valence-corrected chi connectivity index (χ4v) is 12.1. The number of cyclic esters (lactones) is 1. The lowest BCUT2D eigenvalue weighted by Gasteiger charge is -2.46. The summed E-state index contributed by atoms with van der Waals surface area (Å²) in [5.74, 6) is 2.38. The topological polar surface area (TPSA) is 35.5 Å². The Balaban J connectivity index is 1.37. The highest BCUT2D eigenvalue weighted by atomic mass is 28.4. The van der Waals surface area contributed by atoms with E-state index in [9.17, 15) is 4.79 Å². The van der Waals surface area contributed by atoms with Gasteiger partial charge in [-0.15, -0.1) is 0 Å². The molecule has 0 spiro atoms. The number of benzene rings is 2. The van der Waals surface area contributed by atoms with Crippen LogP contribution in [0.15, 0.2) is 84.5 Å². The normalized spacial score (nSPS) is 29.4. The van der Waals surface area contributed by atoms with E-state index >= 15 is 0 Å². The van der Waals surface area contributed by atoms with Crippen LogP contribution in [0.3, 0.4) is 0 Å². The van der Waals surface area contributed by atoms with Crippen LogP contribution in [0.2, 0.25) is 5.04 Å². The fraction of sp³-hybridized carbons (Fsp3) is 0.514. The third kappa shape index (κ3) is 5.88. The molecular formula is C35H46O3Si. The van der Waals surface area contributed by atoms with Crippen molar-refractivity contribution < 1.29 is 14.0 Å². The van der Waals surface area contributed by atoms with Crippen molar-refractivity contribution in [1.82, 2.24) is 0 Å². The molecule has 0 saturated carbocycles. The fourth-order valence-electron chi connectivity index (χ4n) is 7.45. The van der Waals surface area contributed by atoms with Crippen molar-refractivity contribution in [2.45, 2.75) is 90.4 Å². The first-order valence-corrected chi connectivity index (χ1v) is 17.0. The minimum atomic E-state index is -2.72. The third-order valence-electron chi connectivity index (χ3n) is 9.42. The molecule has 3 aliphatic rings. The van der Waals surface area contributed by atoms with Gasteiger partial charge in [-0.2, -0.15) is 0 Å². The molecule has 0 unspecified atom stereocenters. The zero-order chi connectivity index (χ0) is 27.6. The summed E-state index contributed by atoms with van der Waals surface area (Å²) >= 11 is 0. The van der Waals surface area contributed by atoms with Gasteiger partial charge >= 0.3 is 5.97 Å². The predicted octanol–water partition coefficient (Wildman–Crippen LogP) is 7.21. The molecule has 39 heavy (non-hydrogen) atoms. The number of hydrogen-bond donors (Lipinski definition) is 0. The highest BCUT2D eigenvalue weighted by molar-refractivity contribution is 6.99. The molecule has 0 amide bonds. The number of rotatable bonds is 7. The summed E-state index contributed by atoms with van der Waals surface area (Å²) in [6.07, 6.45) is 12.7. The number of hydrogen-bond acceptors (Lipinski definition) is 3. The van der Waals surface area contributed by atoms with E-state index in [4.69, 9.17) is 9.16 Å². The molecule has 1 fully saturated rings. The Morgan fingerprint density at radius 1 is 0.923 bits per heavy atom. The summed E-state index contributed by atoms with van der Waals surface area (Å²) in [4.78, 5) is 13.0. The molecule has 0 radical (unpaired) electrons. The van der Waals surface area contributed by atoms with Crippen molar-refractivity contribution in [3.63, 3.8) is 0 Å². The Bertz CT molecular complexity index is 1140. The Labute approximate surface area is 236 Å². The van der Waals surface area contributed by atoms with E-state index in [1.165, 1.54) is 28.8 Å². The van der Waals surface area contributed by atoms with Crippen molar-refractivity contribution in [1.29, 1.82) is 0 Å². The molecule has 1 heterocycles. The summed E-state index contributed by atoms with van der Waals surface area (Å²) in [6, 6.07) is 21.5. The number of ether oxygens (including phenoxy) is 1. The van der Waals surface area contributed by atoms with Crippen LogP contribution in [0.5, 0.6) is 0 Å². The Morgan fingerprint density at radius 2 is 1.56 bits per heavy atom. The quantitative estimate of drug-likeness (QED) is 0.274. The first-order chi connectivity index (χ1) is 18.7. The molecule has 4 heteroatoms. The van der Waals surface area contributed by atoms with Gasteiger partial charge in [0, 0.05) is 6.42 Å². The molecule has 0 bridgehead atoms. The van der Waals surface area contributed by atoms with E-state index in [1.807, 2.05) is 0 Å². The van der Waals surface area contributed by atoms with Gasteiger partial charge in [0.1, 0.15) is 6.10 Å². The predicted molar refractivity (Wildman–Crippen MR) is 163 cm³/mol. The maximum atomic E-state index is 13.0. The number of esters is 1. The van der Waals surface area contributed by atoms with Gasteiger partial charge < -0.3 is 9.16 Å². The number of allylic oxidation sites excluding steroid dienone is 4. The lowest BCUT2D eigenvalue weighted by atomic mass is 9.66. The van der Waals surface area contributed by atoms with E-state index in [0.29, 0.717) is 30.1 Å². The van der Waals surface area contributed by atoms with Crippen LogP contribution in [0, 0.1) is 23.7 Å². The van der Waals surface area contributed by atoms with Gasteiger partial charge in [-0.1, -0.05) is 114 Å². The molecule has 0 N–H and O–H groups in total. The Hall–Kier alpha value is -2.43. The lowest BCUT2D eigenvalue weighted by molar-refractivity contribution is -0.160. The van der Waals surface area contributed by atoms with Gasteiger partial charge in [0.05, 0.1) is 12.5 Å². The molecule has 0 aromatic heterocycles. The van der Waals surface area contributed by atoms with Crippen molar-refractivity contribution in [2.24, 2.45) is 23.7 Å². The van der Waals surface area contributed by atoms with Crippen molar-refractivity contribution >= 4 is 24.7 Å². The molecular weight excluding hydrogens is 496 g/mol. The number of carbonyl (C=O) groups excluding carboxylic acids is 1. The lowest BCUT2D eigenvalue weighted by Crippen LogP contribution is -2.68. The molecule has 5 rings (SSSR count). The van der Waals surface area contributed by atoms with E-state index < -0.39 is 8.32 Å². The van der Waals surface area contributed by atoms with Gasteiger partial charge in [-0.3, -0.25) is 4.79 Å². The molecule has 2 aromatic rings. The largest absolute Gasteiger partial charge is 0.462 e. The first kappa shape index (κ1) is 28.1. The van der Waals surface area contributed by atoms with E-state index in [2.05, 4.69) is 114 Å². The summed E-state index contributed by atoms with van der Waals surface area (Å²) < 4.78 is 13.3. The minimum Gasteiger partial charge on any atom is -0.462 e. The highest BCUT2D eigenvalue weighted by Gasteiger charge is 2.52. The minimum absolute atomic E-state index is 0.0810. The maximum Gasteiger partial charge on any atom is 0.308 e. The monoisotopic (exact) mass is 542 g/mol. The second-order valence-corrected chi connectivity index (χ2v) is 17.5. The highest BCUT2D eigenvalue weighted by Crippen LogP contribution is 2.44. The van der Waals surface area contributed by atoms with Crippen LogP contribution in [0.25, 0.3) is 0 Å². The van der Waals surface area contributed by atoms with Crippen LogP contribution in [-0.4, -0.2) is 26.5 Å². The smallest absolute Gasteiger partial charge is 0.308 e. The van der Waals surface area contributed by atoms with Crippen molar-refractivity contribution in [3.05, 3.63) is 84.5 Å². The summed E-state index contributed by atoms with van der Waals surface area (Å²) in [5.41, 5.74) is 1.53. The molecule has 1 aliphatic heterocycles. The summed E-state index contributed by atoms with van der Waals surface area (Å²) in [7, 11) is -2.72. The van der Waals surface area contributed by atoms with Crippen molar-refractivity contribution in [3.8, 4) is 0 Å². The molecule has 3 nitrogen and oxygen atoms in total. The zero-order valence-corrected chi connectivity index (χ0v) is 25.4. The van der Waals surface area contributed by atoms with Crippen LogP contribution >= 0.6 is 0 Å². The van der Waals surface area contributed by atoms with Crippen LogP contribution in [-0.2, 0) is 14.0 Å². The van der Waals surface area contributed by atoms with Crippen molar-refractivity contribution in [2.75, 3.05) is 0 Å². The summed E-state index contributed by atoms with van der Waals surface area (Å²) in [6.45, 7) is 11.6. The molecule has 208 valence electrons. The average molecular weight is 543 g/mol. The maximum absolute atomic E-state index is 13.0. The molecule has 2 aliphatic carbocycles. The molecule has 1 saturated heterocycles. The van der Waals surface area contributed by atoms with Gasteiger partial charge in [0.25, 0.3) is 8.32 Å². The van der Waals surface area contributed by atoms with Gasteiger partial charge in [-0.05, 0) is 70.3 Å². The Kier molecular flexibility index (Phi) is 8.35. The van der Waals surface area contributed by atoms with Gasteiger partial charge in [-0.25, -0.2) is 0 Å².